The van der Waals surface area contributed by atoms with Gasteiger partial charge in [-0.15, -0.1) is 0 Å². The van der Waals surface area contributed by atoms with Crippen LogP contribution in [0.15, 0.2) is 107 Å². The molecule has 0 saturated heterocycles. The molecule has 0 atom stereocenters. The zero-order chi connectivity index (χ0) is 20.8. The molecule has 0 bridgehead atoms. The molecule has 4 heteroatoms. The molecule has 0 fully saturated rings. The van der Waals surface area contributed by atoms with Crippen molar-refractivity contribution in [1.29, 1.82) is 0 Å². The molecule has 0 spiro atoms. The van der Waals surface area contributed by atoms with Crippen LogP contribution in [0.3, 0.4) is 0 Å². The Morgan fingerprint density at radius 1 is 0.800 bits per heavy atom. The number of benzene rings is 4. The van der Waals surface area contributed by atoms with Crippen molar-refractivity contribution < 1.29 is 9.53 Å². The van der Waals surface area contributed by atoms with Crippen LogP contribution in [0.1, 0.15) is 11.1 Å². The molecule has 0 saturated carbocycles. The van der Waals surface area contributed by atoms with Gasteiger partial charge in [-0.3, -0.25) is 4.99 Å². The molecule has 4 rings (SSSR count). The van der Waals surface area contributed by atoms with Crippen LogP contribution in [-0.2, 0) is 4.79 Å². The Labute approximate surface area is 183 Å². The van der Waals surface area contributed by atoms with E-state index in [4.69, 9.17) is 4.74 Å². The van der Waals surface area contributed by atoms with Gasteiger partial charge in [0.25, 0.3) is 0 Å². The molecular weight excluding hydrogens is 438 g/mol. The Balaban J connectivity index is 1.40. The predicted molar refractivity (Wildman–Crippen MR) is 126 cm³/mol. The standard InChI is InChI=1S/C26H18BrNO2/c27-22-13-8-19(9-14-22)12-17-26(29)30-23-15-10-20(11-16-23)18-28-25-7-3-5-21-4-1-2-6-24(21)25/h1-18H/b17-12+,28-18?. The molecule has 0 aliphatic rings. The Hall–Kier alpha value is -3.50. The molecule has 30 heavy (non-hydrogen) atoms. The summed E-state index contributed by atoms with van der Waals surface area (Å²) in [6.45, 7) is 0. The maximum Gasteiger partial charge on any atom is 0.336 e. The molecule has 0 aromatic heterocycles. The minimum Gasteiger partial charge on any atom is -0.423 e. The summed E-state index contributed by atoms with van der Waals surface area (Å²) in [5.74, 6) is 0.0675. The summed E-state index contributed by atoms with van der Waals surface area (Å²) in [4.78, 5) is 16.6. The number of ether oxygens (including phenoxy) is 1. The Morgan fingerprint density at radius 3 is 2.30 bits per heavy atom. The lowest BCUT2D eigenvalue weighted by Gasteiger charge is -2.03. The molecule has 4 aromatic rings. The first-order chi connectivity index (χ1) is 14.7. The number of carbonyl (C=O) groups is 1. The fourth-order valence-corrected chi connectivity index (χ4v) is 3.24. The Bertz CT molecular complexity index is 1220. The topological polar surface area (TPSA) is 38.7 Å². The maximum absolute atomic E-state index is 12.0. The van der Waals surface area contributed by atoms with Gasteiger partial charge in [0.2, 0.25) is 0 Å². The first kappa shape index (κ1) is 19.8. The van der Waals surface area contributed by atoms with Gasteiger partial charge in [-0.05, 0) is 65.1 Å². The average molecular weight is 456 g/mol. The second-order valence-electron chi connectivity index (χ2n) is 6.63. The van der Waals surface area contributed by atoms with Crippen molar-refractivity contribution in [2.75, 3.05) is 0 Å². The summed E-state index contributed by atoms with van der Waals surface area (Å²) < 4.78 is 6.35. The second-order valence-corrected chi connectivity index (χ2v) is 7.55. The number of nitrogens with zero attached hydrogens (tertiary/aromatic N) is 1. The first-order valence-corrected chi connectivity index (χ1v) is 10.2. The number of aliphatic imine (C=N–C) groups is 1. The number of esters is 1. The summed E-state index contributed by atoms with van der Waals surface area (Å²) in [5, 5.41) is 2.27. The fraction of sp³-hybridized carbons (Fsp3) is 0. The Kier molecular flexibility index (Phi) is 6.16. The second kappa shape index (κ2) is 9.33. The number of halogens is 1. The van der Waals surface area contributed by atoms with Gasteiger partial charge in [0, 0.05) is 22.1 Å². The van der Waals surface area contributed by atoms with E-state index in [1.54, 1.807) is 24.4 Å². The highest BCUT2D eigenvalue weighted by Crippen LogP contribution is 2.25. The van der Waals surface area contributed by atoms with Crippen molar-refractivity contribution in [3.8, 4) is 5.75 Å². The van der Waals surface area contributed by atoms with E-state index in [1.165, 1.54) is 6.08 Å². The van der Waals surface area contributed by atoms with Gasteiger partial charge >= 0.3 is 5.97 Å². The van der Waals surface area contributed by atoms with E-state index >= 15 is 0 Å². The number of fused-ring (bicyclic) bond motifs is 1. The summed E-state index contributed by atoms with van der Waals surface area (Å²) in [6, 6.07) is 29.2. The largest absolute Gasteiger partial charge is 0.423 e. The van der Waals surface area contributed by atoms with Crippen LogP contribution in [0.4, 0.5) is 5.69 Å². The lowest BCUT2D eigenvalue weighted by molar-refractivity contribution is -0.128. The van der Waals surface area contributed by atoms with Gasteiger partial charge in [-0.25, -0.2) is 4.79 Å². The normalized spacial score (nSPS) is 11.4. The Morgan fingerprint density at radius 2 is 1.50 bits per heavy atom. The molecule has 0 aliphatic carbocycles. The molecular formula is C26H18BrNO2. The van der Waals surface area contributed by atoms with Crippen LogP contribution < -0.4 is 4.74 Å². The lowest BCUT2D eigenvalue weighted by atomic mass is 10.1. The van der Waals surface area contributed by atoms with E-state index in [9.17, 15) is 4.79 Å². The zero-order valence-corrected chi connectivity index (χ0v) is 17.6. The van der Waals surface area contributed by atoms with Crippen LogP contribution >= 0.6 is 15.9 Å². The van der Waals surface area contributed by atoms with Crippen LogP contribution in [0.5, 0.6) is 5.75 Å². The van der Waals surface area contributed by atoms with Crippen LogP contribution in [0.25, 0.3) is 16.8 Å². The number of hydrogen-bond donors (Lipinski definition) is 0. The molecule has 0 N–H and O–H groups in total. The fourth-order valence-electron chi connectivity index (χ4n) is 2.98. The van der Waals surface area contributed by atoms with E-state index in [0.29, 0.717) is 5.75 Å². The summed E-state index contributed by atoms with van der Waals surface area (Å²) in [7, 11) is 0. The quantitative estimate of drug-likeness (QED) is 0.141. The van der Waals surface area contributed by atoms with E-state index in [-0.39, 0.29) is 0 Å². The molecule has 0 amide bonds. The predicted octanol–water partition coefficient (Wildman–Crippen LogP) is 6.97. The highest BCUT2D eigenvalue weighted by atomic mass is 79.9. The third-order valence-electron chi connectivity index (χ3n) is 4.50. The monoisotopic (exact) mass is 455 g/mol. The third kappa shape index (κ3) is 5.10. The third-order valence-corrected chi connectivity index (χ3v) is 5.03. The van der Waals surface area contributed by atoms with Gasteiger partial charge in [0.05, 0.1) is 5.69 Å². The average Bonchev–Trinajstić information content (AvgIpc) is 2.78. The van der Waals surface area contributed by atoms with Crippen molar-refractivity contribution in [3.05, 3.63) is 113 Å². The zero-order valence-electron chi connectivity index (χ0n) is 16.0. The molecule has 0 heterocycles. The van der Waals surface area contributed by atoms with E-state index in [1.807, 2.05) is 60.7 Å². The van der Waals surface area contributed by atoms with Gasteiger partial charge in [0.15, 0.2) is 0 Å². The highest BCUT2D eigenvalue weighted by molar-refractivity contribution is 9.10. The van der Waals surface area contributed by atoms with Crippen molar-refractivity contribution in [2.24, 2.45) is 4.99 Å². The van der Waals surface area contributed by atoms with Crippen LogP contribution in [0.2, 0.25) is 0 Å². The molecule has 0 aliphatic heterocycles. The van der Waals surface area contributed by atoms with Crippen molar-refractivity contribution in [2.45, 2.75) is 0 Å². The minimum absolute atomic E-state index is 0.421. The van der Waals surface area contributed by atoms with Crippen molar-refractivity contribution in [3.63, 3.8) is 0 Å². The van der Waals surface area contributed by atoms with E-state index in [0.717, 1.165) is 32.1 Å². The molecule has 146 valence electrons. The number of rotatable bonds is 5. The first-order valence-electron chi connectivity index (χ1n) is 9.45. The molecule has 0 radical (unpaired) electrons. The van der Waals surface area contributed by atoms with Gasteiger partial charge in [-0.2, -0.15) is 0 Å². The summed E-state index contributed by atoms with van der Waals surface area (Å²) >= 11 is 3.39. The van der Waals surface area contributed by atoms with Crippen LogP contribution in [0, 0.1) is 0 Å². The van der Waals surface area contributed by atoms with E-state index in [2.05, 4.69) is 39.1 Å². The molecule has 4 aromatic carbocycles. The van der Waals surface area contributed by atoms with Gasteiger partial charge in [0.1, 0.15) is 5.75 Å². The van der Waals surface area contributed by atoms with Gasteiger partial charge < -0.3 is 4.74 Å². The van der Waals surface area contributed by atoms with Crippen molar-refractivity contribution in [1.82, 2.24) is 0 Å². The number of carbonyl (C=O) groups excluding carboxylic acids is 1. The summed E-state index contributed by atoms with van der Waals surface area (Å²) in [5.41, 5.74) is 2.77. The van der Waals surface area contributed by atoms with E-state index < -0.39 is 5.97 Å². The maximum atomic E-state index is 12.0. The smallest absolute Gasteiger partial charge is 0.336 e. The highest BCUT2D eigenvalue weighted by Gasteiger charge is 2.01. The lowest BCUT2D eigenvalue weighted by Crippen LogP contribution is -2.03. The number of hydrogen-bond acceptors (Lipinski definition) is 3. The SMILES string of the molecule is O=C(/C=C/c1ccc(Br)cc1)Oc1ccc(C=Nc2cccc3ccccc23)cc1. The van der Waals surface area contributed by atoms with Gasteiger partial charge in [-0.1, -0.05) is 64.5 Å². The molecule has 0 unspecified atom stereocenters. The van der Waals surface area contributed by atoms with Crippen LogP contribution in [-0.4, -0.2) is 12.2 Å². The summed E-state index contributed by atoms with van der Waals surface area (Å²) in [6.07, 6.45) is 4.94. The van der Waals surface area contributed by atoms with Crippen molar-refractivity contribution >= 4 is 50.6 Å². The molecule has 3 nitrogen and oxygen atoms in total. The minimum atomic E-state index is -0.421.